The number of aromatic nitrogens is 2. The molecule has 7 nitrogen and oxygen atoms in total. The van der Waals surface area contributed by atoms with Gasteiger partial charge < -0.3 is 20.4 Å². The first-order valence-corrected chi connectivity index (χ1v) is 11.2. The Bertz CT molecular complexity index is 1320. The Labute approximate surface area is 204 Å². The van der Waals surface area contributed by atoms with Crippen molar-refractivity contribution < 1.29 is 27.5 Å². The molecule has 186 valence electrons. The van der Waals surface area contributed by atoms with Gasteiger partial charge in [-0.2, -0.15) is 13.2 Å². The van der Waals surface area contributed by atoms with Gasteiger partial charge in [0.1, 0.15) is 11.6 Å². The number of imidazole rings is 1. The third-order valence-corrected chi connectivity index (χ3v) is 5.27. The number of amides is 2. The molecule has 0 aliphatic rings. The number of aryl methyl sites for hydroxylation is 1. The van der Waals surface area contributed by atoms with Crippen molar-refractivity contribution in [3.63, 3.8) is 0 Å². The summed E-state index contributed by atoms with van der Waals surface area (Å²) in [5.41, 5.74) is 1.48. The van der Waals surface area contributed by atoms with E-state index in [9.17, 15) is 22.8 Å². The smallest absolute Gasteiger partial charge is 0.416 e. The first kappa shape index (κ1) is 24.8. The Balaban J connectivity index is 1.19. The van der Waals surface area contributed by atoms with Gasteiger partial charge in [-0.05, 0) is 61.0 Å². The summed E-state index contributed by atoms with van der Waals surface area (Å²) in [6.07, 6.45) is -3.09. The van der Waals surface area contributed by atoms with Gasteiger partial charge >= 0.3 is 6.18 Å². The van der Waals surface area contributed by atoms with E-state index in [0.29, 0.717) is 30.7 Å². The molecule has 2 amide bonds. The van der Waals surface area contributed by atoms with Crippen LogP contribution in [0.3, 0.4) is 0 Å². The second-order valence-electron chi connectivity index (χ2n) is 8.00. The normalized spacial score (nSPS) is 11.3. The number of fused-ring (bicyclic) bond motifs is 1. The molecule has 4 rings (SSSR count). The van der Waals surface area contributed by atoms with Crippen molar-refractivity contribution in [2.75, 3.05) is 18.5 Å². The molecule has 1 aromatic heterocycles. The van der Waals surface area contributed by atoms with E-state index in [1.807, 2.05) is 24.3 Å². The van der Waals surface area contributed by atoms with Gasteiger partial charge in [-0.3, -0.25) is 9.59 Å². The highest BCUT2D eigenvalue weighted by Crippen LogP contribution is 2.30. The van der Waals surface area contributed by atoms with E-state index in [1.54, 1.807) is 24.3 Å². The SMILES string of the molecule is O=C(COc1ccc(C(=O)NCCCc2nc3ccccc3[nH]2)cc1)Nc1cccc(C(F)(F)F)c1. The fourth-order valence-corrected chi connectivity index (χ4v) is 3.51. The molecule has 10 heteroatoms. The van der Waals surface area contributed by atoms with E-state index in [2.05, 4.69) is 20.6 Å². The molecule has 3 N–H and O–H groups in total. The number of nitrogens with zero attached hydrogens (tertiary/aromatic N) is 1. The van der Waals surface area contributed by atoms with Gasteiger partial charge in [0, 0.05) is 24.2 Å². The Morgan fingerprint density at radius 3 is 2.50 bits per heavy atom. The second-order valence-corrected chi connectivity index (χ2v) is 8.00. The van der Waals surface area contributed by atoms with E-state index in [-0.39, 0.29) is 11.6 Å². The lowest BCUT2D eigenvalue weighted by molar-refractivity contribution is -0.137. The van der Waals surface area contributed by atoms with Crippen LogP contribution >= 0.6 is 0 Å². The molecule has 4 aromatic rings. The average molecular weight is 496 g/mol. The Morgan fingerprint density at radius 1 is 0.972 bits per heavy atom. The van der Waals surface area contributed by atoms with Gasteiger partial charge in [-0.15, -0.1) is 0 Å². The first-order chi connectivity index (χ1) is 17.3. The number of carbonyl (C=O) groups is 2. The van der Waals surface area contributed by atoms with Crippen LogP contribution < -0.4 is 15.4 Å². The number of hydrogen-bond donors (Lipinski definition) is 3. The van der Waals surface area contributed by atoms with Gasteiger partial charge in [0.15, 0.2) is 6.61 Å². The Hall–Kier alpha value is -4.34. The summed E-state index contributed by atoms with van der Waals surface area (Å²) in [6.45, 7) is 0.0768. The first-order valence-electron chi connectivity index (χ1n) is 11.2. The van der Waals surface area contributed by atoms with Crippen molar-refractivity contribution >= 4 is 28.5 Å². The standard InChI is InChI=1S/C26H23F3N4O3/c27-26(28,29)18-5-3-6-19(15-18)31-24(34)16-36-20-12-10-17(11-13-20)25(35)30-14-4-9-23-32-21-7-1-2-8-22(21)33-23/h1-3,5-8,10-13,15H,4,9,14,16H2,(H,30,35)(H,31,34)(H,32,33). The lowest BCUT2D eigenvalue weighted by Crippen LogP contribution is -2.24. The number of carbonyl (C=O) groups excluding carboxylic acids is 2. The summed E-state index contributed by atoms with van der Waals surface area (Å²) in [5.74, 6) is 0.355. The molecule has 0 saturated carbocycles. The van der Waals surface area contributed by atoms with Crippen molar-refractivity contribution in [2.45, 2.75) is 19.0 Å². The maximum Gasteiger partial charge on any atom is 0.416 e. The average Bonchev–Trinajstić information content (AvgIpc) is 3.28. The van der Waals surface area contributed by atoms with Crippen molar-refractivity contribution in [2.24, 2.45) is 0 Å². The Kier molecular flexibility index (Phi) is 7.53. The third kappa shape index (κ3) is 6.62. The van der Waals surface area contributed by atoms with Crippen LogP contribution in [-0.2, 0) is 17.4 Å². The molecule has 3 aromatic carbocycles. The number of ether oxygens (including phenoxy) is 1. The summed E-state index contributed by atoms with van der Waals surface area (Å²) in [5, 5.41) is 5.22. The number of aromatic amines is 1. The number of hydrogen-bond acceptors (Lipinski definition) is 4. The van der Waals surface area contributed by atoms with Gasteiger partial charge in [0.25, 0.3) is 11.8 Å². The lowest BCUT2D eigenvalue weighted by Gasteiger charge is -2.11. The molecule has 0 spiro atoms. The van der Waals surface area contributed by atoms with E-state index in [0.717, 1.165) is 29.0 Å². The zero-order chi connectivity index (χ0) is 25.5. The number of anilines is 1. The molecule has 0 aliphatic heterocycles. The second kappa shape index (κ2) is 10.9. The molecule has 0 fully saturated rings. The lowest BCUT2D eigenvalue weighted by atomic mass is 10.2. The molecule has 0 radical (unpaired) electrons. The largest absolute Gasteiger partial charge is 0.484 e. The van der Waals surface area contributed by atoms with Gasteiger partial charge in [-0.25, -0.2) is 4.98 Å². The monoisotopic (exact) mass is 496 g/mol. The molecular weight excluding hydrogens is 473 g/mol. The van der Waals surface area contributed by atoms with E-state index >= 15 is 0 Å². The Morgan fingerprint density at radius 2 is 1.75 bits per heavy atom. The number of halogens is 3. The zero-order valence-electron chi connectivity index (χ0n) is 19.1. The molecular formula is C26H23F3N4O3. The number of rotatable bonds is 9. The minimum absolute atomic E-state index is 0.0192. The van der Waals surface area contributed by atoms with Crippen LogP contribution in [0.15, 0.2) is 72.8 Å². The van der Waals surface area contributed by atoms with E-state index < -0.39 is 24.3 Å². The van der Waals surface area contributed by atoms with E-state index in [1.165, 1.54) is 12.1 Å². The third-order valence-electron chi connectivity index (χ3n) is 5.27. The summed E-state index contributed by atoms with van der Waals surface area (Å²) >= 11 is 0. The number of para-hydroxylation sites is 2. The highest BCUT2D eigenvalue weighted by Gasteiger charge is 2.30. The topological polar surface area (TPSA) is 96.1 Å². The molecule has 36 heavy (non-hydrogen) atoms. The van der Waals surface area contributed by atoms with Crippen LogP contribution in [0.5, 0.6) is 5.75 Å². The maximum atomic E-state index is 12.8. The van der Waals surface area contributed by atoms with Crippen molar-refractivity contribution in [1.82, 2.24) is 15.3 Å². The van der Waals surface area contributed by atoms with Crippen molar-refractivity contribution in [3.05, 3.63) is 89.7 Å². The zero-order valence-corrected chi connectivity index (χ0v) is 19.1. The fourth-order valence-electron chi connectivity index (χ4n) is 3.51. The van der Waals surface area contributed by atoms with Gasteiger partial charge in [-0.1, -0.05) is 18.2 Å². The molecule has 0 aliphatic carbocycles. The maximum absolute atomic E-state index is 12.8. The molecule has 0 unspecified atom stereocenters. The quantitative estimate of drug-likeness (QED) is 0.286. The van der Waals surface area contributed by atoms with Gasteiger partial charge in [0.05, 0.1) is 16.6 Å². The number of H-pyrrole nitrogens is 1. The van der Waals surface area contributed by atoms with Crippen LogP contribution in [0, 0.1) is 0 Å². The number of benzene rings is 3. The van der Waals surface area contributed by atoms with Crippen molar-refractivity contribution in [1.29, 1.82) is 0 Å². The minimum atomic E-state index is -4.50. The summed E-state index contributed by atoms with van der Waals surface area (Å²) in [6, 6.07) is 18.3. The predicted octanol–water partition coefficient (Wildman–Crippen LogP) is 4.96. The van der Waals surface area contributed by atoms with Crippen LogP contribution in [-0.4, -0.2) is 34.9 Å². The summed E-state index contributed by atoms with van der Waals surface area (Å²) in [4.78, 5) is 32.1. The molecule has 1 heterocycles. The van der Waals surface area contributed by atoms with Crippen LogP contribution in [0.1, 0.15) is 28.2 Å². The summed E-state index contributed by atoms with van der Waals surface area (Å²) in [7, 11) is 0. The van der Waals surface area contributed by atoms with E-state index in [4.69, 9.17) is 4.74 Å². The fraction of sp³-hybridized carbons (Fsp3) is 0.192. The highest BCUT2D eigenvalue weighted by atomic mass is 19.4. The molecule has 0 atom stereocenters. The number of nitrogens with one attached hydrogen (secondary N) is 3. The highest BCUT2D eigenvalue weighted by molar-refractivity contribution is 5.94. The van der Waals surface area contributed by atoms with Crippen LogP contribution in [0.4, 0.5) is 18.9 Å². The molecule has 0 bridgehead atoms. The van der Waals surface area contributed by atoms with Crippen LogP contribution in [0.25, 0.3) is 11.0 Å². The van der Waals surface area contributed by atoms with Gasteiger partial charge in [0.2, 0.25) is 0 Å². The summed E-state index contributed by atoms with van der Waals surface area (Å²) < 4.78 is 43.7. The van der Waals surface area contributed by atoms with Crippen LogP contribution in [0.2, 0.25) is 0 Å². The number of alkyl halides is 3. The van der Waals surface area contributed by atoms with Crippen molar-refractivity contribution in [3.8, 4) is 5.75 Å². The predicted molar refractivity (Wildman–Crippen MR) is 129 cm³/mol. The molecule has 0 saturated heterocycles. The minimum Gasteiger partial charge on any atom is -0.484 e.